The predicted octanol–water partition coefficient (Wildman–Crippen LogP) is 3.60. The molecule has 1 unspecified atom stereocenters. The maximum atomic E-state index is 14.3. The van der Waals surface area contributed by atoms with Crippen LogP contribution in [0.5, 0.6) is 5.75 Å². The number of phenolic OH excluding ortho intramolecular Hbond substituents is 1. The number of benzene rings is 1. The standard InChI is InChI=1S/C17H11ClFN3O/c18-12-8-10(6-7-14(12)23)16-17(22-15(20)9-21-16)11-4-2-1-3-5-13(11)19/h1,3,5-9,11,23H,(H2,20,22). The minimum atomic E-state index is -0.872. The van der Waals surface area contributed by atoms with Crippen LogP contribution in [0, 0.1) is 11.8 Å². The largest absolute Gasteiger partial charge is 0.506 e. The van der Waals surface area contributed by atoms with Gasteiger partial charge in [-0.1, -0.05) is 29.5 Å². The predicted molar refractivity (Wildman–Crippen MR) is 87.4 cm³/mol. The summed E-state index contributed by atoms with van der Waals surface area (Å²) in [4.78, 5) is 8.47. The van der Waals surface area contributed by atoms with Crippen LogP contribution in [-0.2, 0) is 0 Å². The SMILES string of the molecule is Nc1cnc(-c2ccc(O)c(Cl)c2)c(C2C#CC=CC=C2F)n1. The first-order chi connectivity index (χ1) is 11.1. The lowest BCUT2D eigenvalue weighted by molar-refractivity contribution is 0.475. The number of anilines is 1. The first-order valence-corrected chi connectivity index (χ1v) is 7.08. The quantitative estimate of drug-likeness (QED) is 0.827. The first kappa shape index (κ1) is 15.1. The van der Waals surface area contributed by atoms with Crippen molar-refractivity contribution in [2.75, 3.05) is 5.73 Å². The smallest absolute Gasteiger partial charge is 0.142 e. The van der Waals surface area contributed by atoms with Crippen LogP contribution in [0.25, 0.3) is 11.3 Å². The second kappa shape index (κ2) is 6.11. The van der Waals surface area contributed by atoms with E-state index in [2.05, 4.69) is 21.8 Å². The van der Waals surface area contributed by atoms with E-state index in [1.54, 1.807) is 12.1 Å². The molecule has 0 bridgehead atoms. The van der Waals surface area contributed by atoms with Gasteiger partial charge in [-0.25, -0.2) is 9.37 Å². The molecule has 1 aromatic carbocycles. The van der Waals surface area contributed by atoms with Crippen LogP contribution in [0.1, 0.15) is 11.6 Å². The molecule has 1 aromatic heterocycles. The monoisotopic (exact) mass is 327 g/mol. The van der Waals surface area contributed by atoms with Crippen molar-refractivity contribution < 1.29 is 9.50 Å². The van der Waals surface area contributed by atoms with Crippen molar-refractivity contribution in [3.63, 3.8) is 0 Å². The van der Waals surface area contributed by atoms with Crippen molar-refractivity contribution in [3.8, 4) is 28.8 Å². The van der Waals surface area contributed by atoms with E-state index in [0.29, 0.717) is 17.0 Å². The number of hydrogen-bond acceptors (Lipinski definition) is 4. The zero-order chi connectivity index (χ0) is 16.4. The topological polar surface area (TPSA) is 72.0 Å². The number of phenols is 1. The van der Waals surface area contributed by atoms with Crippen molar-refractivity contribution in [3.05, 3.63) is 59.2 Å². The molecule has 114 valence electrons. The van der Waals surface area contributed by atoms with E-state index >= 15 is 0 Å². The van der Waals surface area contributed by atoms with Gasteiger partial charge < -0.3 is 10.8 Å². The number of nitrogen functional groups attached to an aromatic ring is 1. The van der Waals surface area contributed by atoms with Gasteiger partial charge >= 0.3 is 0 Å². The molecule has 0 saturated heterocycles. The average molecular weight is 328 g/mol. The number of nitrogens with zero attached hydrogens (tertiary/aromatic N) is 2. The number of aromatic hydroxyl groups is 1. The van der Waals surface area contributed by atoms with Crippen LogP contribution >= 0.6 is 11.6 Å². The highest BCUT2D eigenvalue weighted by atomic mass is 35.5. The molecule has 3 rings (SSSR count). The molecular weight excluding hydrogens is 317 g/mol. The number of hydrogen-bond donors (Lipinski definition) is 2. The lowest BCUT2D eigenvalue weighted by Crippen LogP contribution is -2.07. The van der Waals surface area contributed by atoms with E-state index in [4.69, 9.17) is 17.3 Å². The van der Waals surface area contributed by atoms with Gasteiger partial charge in [0.2, 0.25) is 0 Å². The van der Waals surface area contributed by atoms with Gasteiger partial charge in [0.1, 0.15) is 23.3 Å². The molecule has 4 nitrogen and oxygen atoms in total. The number of allylic oxidation sites excluding steroid dienone is 4. The second-order valence-electron chi connectivity index (χ2n) is 4.83. The maximum Gasteiger partial charge on any atom is 0.142 e. The molecule has 1 atom stereocenters. The summed E-state index contributed by atoms with van der Waals surface area (Å²) >= 11 is 5.94. The van der Waals surface area contributed by atoms with Crippen molar-refractivity contribution >= 4 is 17.4 Å². The molecule has 3 N–H and O–H groups in total. The van der Waals surface area contributed by atoms with Crippen molar-refractivity contribution in [1.82, 2.24) is 9.97 Å². The summed E-state index contributed by atoms with van der Waals surface area (Å²) in [5, 5.41) is 9.71. The zero-order valence-corrected chi connectivity index (χ0v) is 12.5. The van der Waals surface area contributed by atoms with Crippen LogP contribution in [0.15, 0.2) is 48.5 Å². The van der Waals surface area contributed by atoms with Crippen molar-refractivity contribution in [1.29, 1.82) is 0 Å². The summed E-state index contributed by atoms with van der Waals surface area (Å²) in [5.74, 6) is 4.34. The first-order valence-electron chi connectivity index (χ1n) is 6.71. The van der Waals surface area contributed by atoms with Crippen molar-refractivity contribution in [2.24, 2.45) is 0 Å². The highest BCUT2D eigenvalue weighted by Gasteiger charge is 2.23. The number of aromatic nitrogens is 2. The molecule has 1 aliphatic carbocycles. The van der Waals surface area contributed by atoms with Crippen LogP contribution < -0.4 is 5.73 Å². The number of halogens is 2. The van der Waals surface area contributed by atoms with E-state index in [1.807, 2.05) is 0 Å². The third kappa shape index (κ3) is 3.03. The molecule has 0 spiro atoms. The summed E-state index contributed by atoms with van der Waals surface area (Å²) < 4.78 is 14.3. The Hall–Kier alpha value is -2.84. The molecule has 0 aliphatic heterocycles. The van der Waals surface area contributed by atoms with E-state index in [0.717, 1.165) is 0 Å². The normalized spacial score (nSPS) is 16.3. The van der Waals surface area contributed by atoms with Crippen LogP contribution in [-0.4, -0.2) is 15.1 Å². The second-order valence-corrected chi connectivity index (χ2v) is 5.23. The van der Waals surface area contributed by atoms with E-state index in [-0.39, 0.29) is 16.6 Å². The number of nitrogens with two attached hydrogens (primary N) is 1. The van der Waals surface area contributed by atoms with Crippen LogP contribution in [0.2, 0.25) is 5.02 Å². The average Bonchev–Trinajstić information content (AvgIpc) is 2.74. The third-order valence-corrected chi connectivity index (χ3v) is 3.55. The van der Waals surface area contributed by atoms with Crippen LogP contribution in [0.3, 0.4) is 0 Å². The Morgan fingerprint density at radius 2 is 2.17 bits per heavy atom. The molecule has 0 radical (unpaired) electrons. The molecular formula is C17H11ClFN3O. The lowest BCUT2D eigenvalue weighted by atomic mass is 9.98. The van der Waals surface area contributed by atoms with Crippen LogP contribution in [0.4, 0.5) is 10.2 Å². The highest BCUT2D eigenvalue weighted by Crippen LogP contribution is 2.35. The van der Waals surface area contributed by atoms with E-state index < -0.39 is 11.7 Å². The molecule has 1 heterocycles. The Morgan fingerprint density at radius 3 is 2.96 bits per heavy atom. The summed E-state index contributed by atoms with van der Waals surface area (Å²) in [5.41, 5.74) is 7.00. The van der Waals surface area contributed by atoms with Crippen molar-refractivity contribution in [2.45, 2.75) is 5.92 Å². The molecule has 2 aromatic rings. The van der Waals surface area contributed by atoms with Gasteiger partial charge in [-0.3, -0.25) is 4.98 Å². The van der Waals surface area contributed by atoms with E-state index in [1.165, 1.54) is 30.5 Å². The number of rotatable bonds is 2. The molecule has 0 fully saturated rings. The third-order valence-electron chi connectivity index (χ3n) is 3.25. The van der Waals surface area contributed by atoms with E-state index in [9.17, 15) is 9.50 Å². The molecule has 1 aliphatic rings. The summed E-state index contributed by atoms with van der Waals surface area (Å²) in [6.07, 6.45) is 5.77. The van der Waals surface area contributed by atoms with Gasteiger partial charge in [0, 0.05) is 5.56 Å². The molecule has 23 heavy (non-hydrogen) atoms. The zero-order valence-electron chi connectivity index (χ0n) is 11.8. The van der Waals surface area contributed by atoms with Gasteiger partial charge in [-0.05, 0) is 30.4 Å². The summed E-state index contributed by atoms with van der Waals surface area (Å²) in [6, 6.07) is 4.59. The fourth-order valence-corrected chi connectivity index (χ4v) is 2.36. The Bertz CT molecular complexity index is 896. The Labute approximate surface area is 137 Å². The maximum absolute atomic E-state index is 14.3. The fraction of sp³-hybridized carbons (Fsp3) is 0.0588. The Morgan fingerprint density at radius 1 is 1.35 bits per heavy atom. The minimum Gasteiger partial charge on any atom is -0.506 e. The lowest BCUT2D eigenvalue weighted by Gasteiger charge is -2.13. The molecule has 6 heteroatoms. The molecule has 0 saturated carbocycles. The van der Waals surface area contributed by atoms with Gasteiger partial charge in [-0.15, -0.1) is 0 Å². The van der Waals surface area contributed by atoms with Gasteiger partial charge in [0.15, 0.2) is 0 Å². The Kier molecular flexibility index (Phi) is 4.00. The fourth-order valence-electron chi connectivity index (χ4n) is 2.18. The van der Waals surface area contributed by atoms with Gasteiger partial charge in [0.05, 0.1) is 22.6 Å². The highest BCUT2D eigenvalue weighted by molar-refractivity contribution is 6.32. The van der Waals surface area contributed by atoms with Gasteiger partial charge in [-0.2, -0.15) is 0 Å². The molecule has 0 amide bonds. The van der Waals surface area contributed by atoms with Gasteiger partial charge in [0.25, 0.3) is 0 Å². The minimum absolute atomic E-state index is 0.0510. The Balaban J connectivity index is 2.18. The summed E-state index contributed by atoms with van der Waals surface area (Å²) in [7, 11) is 0. The summed E-state index contributed by atoms with van der Waals surface area (Å²) in [6.45, 7) is 0.